The van der Waals surface area contributed by atoms with E-state index in [-0.39, 0.29) is 0 Å². The molecule has 0 aliphatic rings. The molecule has 0 radical (unpaired) electrons. The second-order valence-electron chi connectivity index (χ2n) is 17.6. The number of fused-ring (bicyclic) bond motifs is 9. The predicted molar refractivity (Wildman–Crippen MR) is 282 cm³/mol. The Morgan fingerprint density at radius 1 is 0.394 bits per heavy atom. The number of hydrogen-bond donors (Lipinski definition) is 0. The van der Waals surface area contributed by atoms with Crippen molar-refractivity contribution >= 4 is 108 Å². The van der Waals surface area contributed by atoms with Crippen molar-refractivity contribution in [1.29, 1.82) is 0 Å². The van der Waals surface area contributed by atoms with E-state index in [1.54, 1.807) is 22.7 Å². The number of aryl methyl sites for hydroxylation is 3. The van der Waals surface area contributed by atoms with Crippen molar-refractivity contribution in [2.24, 2.45) is 14.1 Å². The van der Waals surface area contributed by atoms with Crippen LogP contribution in [0.15, 0.2) is 182 Å². The molecule has 312 valence electrons. The van der Waals surface area contributed by atoms with Crippen LogP contribution in [0.2, 0.25) is 0 Å². The van der Waals surface area contributed by atoms with E-state index in [1.165, 1.54) is 80.2 Å². The third kappa shape index (κ3) is 5.51. The highest BCUT2D eigenvalue weighted by Crippen LogP contribution is 2.48. The molecule has 0 N–H and O–H groups in total. The first kappa shape index (κ1) is 37.5. The molecule has 14 aromatic rings. The SMILES string of the molecule is Cc1ccc(-n2c3ccc(-c4c(-c5nc6ccccc6s5)c5cc6ccccc6cc5n4C)cc3c3cc(-c4c(-c5nc6ccccc6s5)c5cc6ccccc6cc5n4C)ccc32)cc1. The summed E-state index contributed by atoms with van der Waals surface area (Å²) in [6.07, 6.45) is 0. The number of rotatable bonds is 5. The number of hydrogen-bond acceptors (Lipinski definition) is 4. The normalized spacial score (nSPS) is 12.2. The lowest BCUT2D eigenvalue weighted by atomic mass is 10.00. The highest BCUT2D eigenvalue weighted by atomic mass is 32.1. The van der Waals surface area contributed by atoms with Gasteiger partial charge in [-0.25, -0.2) is 9.97 Å². The number of para-hydroxylation sites is 2. The average Bonchev–Trinajstić information content (AvgIpc) is 4.16. The van der Waals surface area contributed by atoms with E-state index in [1.807, 2.05) is 0 Å². The molecule has 9 aromatic carbocycles. The van der Waals surface area contributed by atoms with Gasteiger partial charge in [0.2, 0.25) is 0 Å². The smallest absolute Gasteiger partial charge is 0.127 e. The lowest BCUT2D eigenvalue weighted by Gasteiger charge is -2.10. The number of aromatic nitrogens is 5. The maximum atomic E-state index is 5.31. The van der Waals surface area contributed by atoms with E-state index in [9.17, 15) is 0 Å². The summed E-state index contributed by atoms with van der Waals surface area (Å²) in [5.74, 6) is 0. The van der Waals surface area contributed by atoms with E-state index in [0.717, 1.165) is 60.3 Å². The molecule has 7 heteroatoms. The summed E-state index contributed by atoms with van der Waals surface area (Å²) in [6, 6.07) is 66.8. The molecule has 0 amide bonds. The van der Waals surface area contributed by atoms with Crippen molar-refractivity contribution < 1.29 is 0 Å². The van der Waals surface area contributed by atoms with Crippen molar-refractivity contribution in [3.8, 4) is 49.3 Å². The van der Waals surface area contributed by atoms with Crippen molar-refractivity contribution in [1.82, 2.24) is 23.7 Å². The van der Waals surface area contributed by atoms with Crippen molar-refractivity contribution in [2.75, 3.05) is 0 Å². The van der Waals surface area contributed by atoms with Gasteiger partial charge in [-0.3, -0.25) is 0 Å². The molecule has 0 spiro atoms. The summed E-state index contributed by atoms with van der Waals surface area (Å²) in [5, 5.41) is 11.8. The fourth-order valence-corrected chi connectivity index (χ4v) is 12.7. The van der Waals surface area contributed by atoms with E-state index < -0.39 is 0 Å². The predicted octanol–water partition coefficient (Wildman–Crippen LogP) is 16.3. The van der Waals surface area contributed by atoms with Crippen LogP contribution in [0.25, 0.3) is 135 Å². The van der Waals surface area contributed by atoms with Crippen LogP contribution in [0, 0.1) is 6.92 Å². The summed E-state index contributed by atoms with van der Waals surface area (Å²) < 4.78 is 9.58. The first-order valence-electron chi connectivity index (χ1n) is 22.3. The first-order valence-corrected chi connectivity index (χ1v) is 24.0. The molecule has 0 saturated carbocycles. The quantitative estimate of drug-likeness (QED) is 0.173. The molecule has 0 unspecified atom stereocenters. The zero-order valence-electron chi connectivity index (χ0n) is 36.4. The van der Waals surface area contributed by atoms with Gasteiger partial charge in [-0.05, 0) is 125 Å². The Morgan fingerprint density at radius 2 is 0.818 bits per heavy atom. The standard InChI is InChI=1S/C59H39N5S2/c1-34-20-24-41(25-21-34)64-48-26-22-39(56-54(58-60-46-16-8-10-18-52(46)65-58)44-28-35-12-4-6-14-37(35)32-50(44)62(56)2)30-42(48)43-31-40(23-27-49(43)64)57-55(59-61-47-17-9-11-19-53(47)66-59)45-29-36-13-5-7-15-38(36)33-51(45)63(57)3/h4-33H,1-3H3. The van der Waals surface area contributed by atoms with Gasteiger partial charge in [0.25, 0.3) is 0 Å². The molecule has 0 atom stereocenters. The minimum atomic E-state index is 1.03. The largest absolute Gasteiger partial charge is 0.343 e. The van der Waals surface area contributed by atoms with Crippen LogP contribution >= 0.6 is 22.7 Å². The van der Waals surface area contributed by atoms with Crippen LogP contribution in [-0.2, 0) is 14.1 Å². The summed E-state index contributed by atoms with van der Waals surface area (Å²) >= 11 is 3.54. The summed E-state index contributed by atoms with van der Waals surface area (Å²) in [5.41, 5.74) is 16.1. The van der Waals surface area contributed by atoms with E-state index in [4.69, 9.17) is 9.97 Å². The van der Waals surface area contributed by atoms with Crippen LogP contribution in [0.4, 0.5) is 0 Å². The van der Waals surface area contributed by atoms with Crippen LogP contribution in [0.5, 0.6) is 0 Å². The van der Waals surface area contributed by atoms with E-state index in [2.05, 4.69) is 217 Å². The van der Waals surface area contributed by atoms with E-state index in [0.29, 0.717) is 0 Å². The molecule has 5 heterocycles. The Kier molecular flexibility index (Phi) is 8.00. The van der Waals surface area contributed by atoms with Gasteiger partial charge >= 0.3 is 0 Å². The zero-order valence-corrected chi connectivity index (χ0v) is 38.0. The number of thiazole rings is 2. The Balaban J connectivity index is 1.06. The highest BCUT2D eigenvalue weighted by Gasteiger charge is 2.26. The molecule has 0 aliphatic heterocycles. The van der Waals surface area contributed by atoms with Crippen LogP contribution in [0.1, 0.15) is 5.56 Å². The Hall–Kier alpha value is -7.84. The Bertz CT molecular complexity index is 4010. The van der Waals surface area contributed by atoms with Crippen LogP contribution < -0.4 is 0 Å². The van der Waals surface area contributed by atoms with E-state index >= 15 is 0 Å². The molecular formula is C59H39N5S2. The highest BCUT2D eigenvalue weighted by molar-refractivity contribution is 7.22. The number of benzene rings is 9. The fraction of sp³-hybridized carbons (Fsp3) is 0.0508. The maximum Gasteiger partial charge on any atom is 0.127 e. The lowest BCUT2D eigenvalue weighted by molar-refractivity contribution is 0.980. The maximum absolute atomic E-state index is 5.31. The minimum Gasteiger partial charge on any atom is -0.343 e. The first-order chi connectivity index (χ1) is 32.4. The molecule has 0 saturated heterocycles. The molecule has 0 bridgehead atoms. The van der Waals surface area contributed by atoms with Gasteiger partial charge in [-0.2, -0.15) is 0 Å². The van der Waals surface area contributed by atoms with Crippen molar-refractivity contribution in [3.63, 3.8) is 0 Å². The summed E-state index contributed by atoms with van der Waals surface area (Å²) in [6.45, 7) is 2.15. The van der Waals surface area contributed by atoms with Crippen LogP contribution in [0.3, 0.4) is 0 Å². The lowest BCUT2D eigenvalue weighted by Crippen LogP contribution is -1.95. The molecule has 66 heavy (non-hydrogen) atoms. The zero-order chi connectivity index (χ0) is 43.8. The minimum absolute atomic E-state index is 1.03. The summed E-state index contributed by atoms with van der Waals surface area (Å²) in [7, 11) is 4.43. The molecule has 0 fully saturated rings. The van der Waals surface area contributed by atoms with Gasteiger partial charge in [0.1, 0.15) is 10.0 Å². The summed E-state index contributed by atoms with van der Waals surface area (Å²) in [4.78, 5) is 10.6. The molecule has 5 aromatic heterocycles. The fourth-order valence-electron chi connectivity index (χ4n) is 10.6. The van der Waals surface area contributed by atoms with Gasteiger partial charge < -0.3 is 13.7 Å². The second-order valence-corrected chi connectivity index (χ2v) is 19.7. The monoisotopic (exact) mass is 881 g/mol. The number of nitrogens with zero attached hydrogens (tertiary/aromatic N) is 5. The average molecular weight is 882 g/mol. The molecule has 0 aliphatic carbocycles. The van der Waals surface area contributed by atoms with Crippen molar-refractivity contribution in [3.05, 3.63) is 188 Å². The van der Waals surface area contributed by atoms with Gasteiger partial charge in [-0.15, -0.1) is 22.7 Å². The third-order valence-corrected chi connectivity index (χ3v) is 15.9. The third-order valence-electron chi connectivity index (χ3n) is 13.8. The molecule has 14 rings (SSSR count). The van der Waals surface area contributed by atoms with Gasteiger partial charge in [0.05, 0.1) is 42.9 Å². The Labute approximate surface area is 387 Å². The van der Waals surface area contributed by atoms with Gasteiger partial charge in [0, 0.05) is 63.5 Å². The Morgan fingerprint density at radius 3 is 1.27 bits per heavy atom. The second kappa shape index (κ2) is 14.1. The van der Waals surface area contributed by atoms with Gasteiger partial charge in [-0.1, -0.05) is 103 Å². The molecule has 5 nitrogen and oxygen atoms in total. The topological polar surface area (TPSA) is 40.6 Å². The molecular weight excluding hydrogens is 843 g/mol. The van der Waals surface area contributed by atoms with Crippen molar-refractivity contribution in [2.45, 2.75) is 6.92 Å². The van der Waals surface area contributed by atoms with Gasteiger partial charge in [0.15, 0.2) is 0 Å². The van der Waals surface area contributed by atoms with Crippen LogP contribution in [-0.4, -0.2) is 23.7 Å².